The van der Waals surface area contributed by atoms with Crippen molar-refractivity contribution in [3.8, 4) is 56.3 Å². The van der Waals surface area contributed by atoms with Gasteiger partial charge in [-0.3, -0.25) is 24.9 Å². The van der Waals surface area contributed by atoms with Crippen molar-refractivity contribution >= 4 is 0 Å². The molecule has 0 saturated heterocycles. The molecule has 5 aromatic heterocycles. The van der Waals surface area contributed by atoms with Gasteiger partial charge < -0.3 is 0 Å². The maximum absolute atomic E-state index is 4.60. The predicted octanol–water partition coefficient (Wildman–Crippen LogP) is 27.9. The Hall–Kier alpha value is -8.15. The molecule has 0 fully saturated rings. The van der Waals surface area contributed by atoms with Crippen LogP contribution in [0.5, 0.6) is 0 Å². The van der Waals surface area contributed by atoms with Crippen molar-refractivity contribution in [3.05, 3.63) is 269 Å². The van der Waals surface area contributed by atoms with Crippen LogP contribution in [0.1, 0.15) is 266 Å². The van der Waals surface area contributed by atoms with Gasteiger partial charge in [0.1, 0.15) is 0 Å². The molecular formula is C97H129N5. The average Bonchev–Trinajstić information content (AvgIpc) is 0.894. The summed E-state index contributed by atoms with van der Waals surface area (Å²) in [6.07, 6.45) is 50.0. The minimum Gasteiger partial charge on any atom is -0.256 e. The number of rotatable bonds is 37. The van der Waals surface area contributed by atoms with Crippen molar-refractivity contribution in [2.45, 2.75) is 275 Å². The largest absolute Gasteiger partial charge is 0.256 e. The molecule has 0 aliphatic rings. The van der Waals surface area contributed by atoms with Crippen LogP contribution in [0.2, 0.25) is 0 Å². The quantitative estimate of drug-likeness (QED) is 0.0363. The monoisotopic (exact) mass is 1360 g/mol. The molecule has 0 radical (unpaired) electrons. The van der Waals surface area contributed by atoms with Gasteiger partial charge in [-0.15, -0.1) is 0 Å². The summed E-state index contributed by atoms with van der Waals surface area (Å²) in [5.74, 6) is 0. The van der Waals surface area contributed by atoms with E-state index in [1.165, 1.54) is 244 Å². The van der Waals surface area contributed by atoms with Crippen LogP contribution in [0.4, 0.5) is 0 Å². The van der Waals surface area contributed by atoms with E-state index < -0.39 is 0 Å². The molecule has 0 aliphatic heterocycles. The van der Waals surface area contributed by atoms with E-state index in [0.717, 1.165) is 73.4 Å². The second kappa shape index (κ2) is 51.1. The zero-order valence-corrected chi connectivity index (χ0v) is 65.1. The number of nitrogens with zero attached hydrogens (tertiary/aromatic N) is 5. The predicted molar refractivity (Wildman–Crippen MR) is 444 cm³/mol. The molecule has 5 nitrogen and oxygen atoms in total. The Morgan fingerprint density at radius 1 is 0.157 bits per heavy atom. The third-order valence-corrected chi connectivity index (χ3v) is 19.1. The van der Waals surface area contributed by atoms with Gasteiger partial charge in [-0.2, -0.15) is 0 Å². The van der Waals surface area contributed by atoms with Gasteiger partial charge in [-0.25, -0.2) is 0 Å². The molecule has 0 N–H and O–H groups in total. The zero-order chi connectivity index (χ0) is 72.5. The first-order chi connectivity index (χ1) is 50.2. The number of pyridine rings is 5. The lowest BCUT2D eigenvalue weighted by Gasteiger charge is -2.05. The number of aromatic nitrogens is 5. The Balaban J connectivity index is 0.000000201. The lowest BCUT2D eigenvalue weighted by atomic mass is 10.0. The zero-order valence-electron chi connectivity index (χ0n) is 65.1. The third-order valence-electron chi connectivity index (χ3n) is 19.1. The van der Waals surface area contributed by atoms with Crippen LogP contribution in [0.15, 0.2) is 213 Å². The van der Waals surface area contributed by atoms with Gasteiger partial charge in [0, 0.05) is 58.8 Å². The van der Waals surface area contributed by atoms with Crippen LogP contribution < -0.4 is 0 Å². The fourth-order valence-electron chi connectivity index (χ4n) is 12.4. The lowest BCUT2D eigenvalue weighted by molar-refractivity contribution is 0.607. The van der Waals surface area contributed by atoms with E-state index in [1.807, 2.05) is 31.0 Å². The van der Waals surface area contributed by atoms with Crippen molar-refractivity contribution in [1.29, 1.82) is 0 Å². The molecule has 0 unspecified atom stereocenters. The molecule has 5 aromatic carbocycles. The van der Waals surface area contributed by atoms with Crippen LogP contribution in [0.3, 0.4) is 0 Å². The smallest absolute Gasteiger partial charge is 0.0702 e. The van der Waals surface area contributed by atoms with Crippen LogP contribution in [0, 0.1) is 0 Å². The molecule has 542 valence electrons. The standard InChI is InChI=1S/C22H31N.C21H29N.C19H25N.C18H23N.C17H21N/c1-3-5-6-7-8-9-11-19-12-15-21(16-13-19)22-17-14-20(10-4-2)18-23-22;1-3-5-6-7-8-10-18-11-14-20(15-12-18)21-16-13-19(9-4-2)17-22-21;1-3-5-7-16-9-12-18(13-10-16)19-14-11-17(15-20-19)8-6-4-2;1-3-5-7-16-10-13-18(19-14-16)17-11-8-15(6-4-2)9-12-17;1-3-5-6-15-9-12-17(18-13-15)16-10-7-14(4-2)8-11-16/h12-18H,3-11H2,1-2H3;11-17H,3-10H2,1-2H3;9-15H,3-8H2,1-2H3;8-14H,3-7H2,1-2H3;7-13H,3-6H2,1-2H3. The number of aryl methyl sites for hydroxylation is 10. The summed E-state index contributed by atoms with van der Waals surface area (Å²) in [5, 5.41) is 0. The number of hydrogen-bond acceptors (Lipinski definition) is 5. The Morgan fingerprint density at radius 2 is 0.343 bits per heavy atom. The van der Waals surface area contributed by atoms with Crippen molar-refractivity contribution in [2.24, 2.45) is 0 Å². The van der Waals surface area contributed by atoms with Gasteiger partial charge in [0.2, 0.25) is 0 Å². The molecule has 0 saturated carbocycles. The summed E-state index contributed by atoms with van der Waals surface area (Å²) < 4.78 is 0. The molecule has 0 atom stereocenters. The molecule has 102 heavy (non-hydrogen) atoms. The molecule has 0 bridgehead atoms. The molecule has 0 spiro atoms. The second-order valence-corrected chi connectivity index (χ2v) is 27.9. The number of benzene rings is 5. The van der Waals surface area contributed by atoms with E-state index in [-0.39, 0.29) is 0 Å². The van der Waals surface area contributed by atoms with Crippen molar-refractivity contribution in [3.63, 3.8) is 0 Å². The molecule has 5 heteroatoms. The summed E-state index contributed by atoms with van der Waals surface area (Å²) in [7, 11) is 0. The fraction of sp³-hybridized carbons (Fsp3) is 0.433. The number of unbranched alkanes of at least 4 members (excludes halogenated alkanes) is 13. The summed E-state index contributed by atoms with van der Waals surface area (Å²) in [4.78, 5) is 22.9. The highest BCUT2D eigenvalue weighted by Gasteiger charge is 2.07. The topological polar surface area (TPSA) is 64.5 Å². The van der Waals surface area contributed by atoms with Gasteiger partial charge in [0.25, 0.3) is 0 Å². The maximum Gasteiger partial charge on any atom is 0.0702 e. The van der Waals surface area contributed by atoms with Crippen LogP contribution in [0.25, 0.3) is 56.3 Å². The van der Waals surface area contributed by atoms with Gasteiger partial charge >= 0.3 is 0 Å². The van der Waals surface area contributed by atoms with Crippen LogP contribution >= 0.6 is 0 Å². The highest BCUT2D eigenvalue weighted by molar-refractivity contribution is 5.63. The van der Waals surface area contributed by atoms with E-state index in [1.54, 1.807) is 0 Å². The van der Waals surface area contributed by atoms with Gasteiger partial charge in [0.15, 0.2) is 0 Å². The normalized spacial score (nSPS) is 10.7. The molecular weight excluding hydrogens is 1240 g/mol. The minimum atomic E-state index is 1.07. The van der Waals surface area contributed by atoms with Crippen molar-refractivity contribution in [1.82, 2.24) is 24.9 Å². The molecule has 0 amide bonds. The van der Waals surface area contributed by atoms with Crippen molar-refractivity contribution in [2.75, 3.05) is 0 Å². The molecule has 5 heterocycles. The summed E-state index contributed by atoms with van der Waals surface area (Å²) in [6.45, 7) is 22.2. The Morgan fingerprint density at radius 3 is 0.569 bits per heavy atom. The second-order valence-electron chi connectivity index (χ2n) is 27.9. The first kappa shape index (κ1) is 82.8. The van der Waals surface area contributed by atoms with Crippen LogP contribution in [-0.4, -0.2) is 24.9 Å². The number of hydrogen-bond donors (Lipinski definition) is 0. The van der Waals surface area contributed by atoms with Gasteiger partial charge in [-0.1, -0.05) is 324 Å². The average molecular weight is 1370 g/mol. The van der Waals surface area contributed by atoms with Crippen LogP contribution in [-0.2, 0) is 64.2 Å². The summed E-state index contributed by atoms with van der Waals surface area (Å²) in [5.41, 5.74) is 25.2. The van der Waals surface area contributed by atoms with Gasteiger partial charge in [-0.05, 0) is 189 Å². The summed E-state index contributed by atoms with van der Waals surface area (Å²) in [6, 6.07) is 66.0. The van der Waals surface area contributed by atoms with E-state index >= 15 is 0 Å². The fourth-order valence-corrected chi connectivity index (χ4v) is 12.4. The highest BCUT2D eigenvalue weighted by Crippen LogP contribution is 2.25. The highest BCUT2D eigenvalue weighted by atomic mass is 14.7. The summed E-state index contributed by atoms with van der Waals surface area (Å²) >= 11 is 0. The Kier molecular flexibility index (Phi) is 41.5. The van der Waals surface area contributed by atoms with E-state index in [4.69, 9.17) is 0 Å². The molecule has 10 rings (SSSR count). The van der Waals surface area contributed by atoms with E-state index in [9.17, 15) is 0 Å². The van der Waals surface area contributed by atoms with Crippen molar-refractivity contribution < 1.29 is 0 Å². The maximum atomic E-state index is 4.60. The first-order valence-electron chi connectivity index (χ1n) is 40.4. The lowest BCUT2D eigenvalue weighted by Crippen LogP contribution is -1.90. The third kappa shape index (κ3) is 32.0. The minimum absolute atomic E-state index is 1.07. The Bertz CT molecular complexity index is 3620. The molecule has 0 aliphatic carbocycles. The Labute approximate surface area is 620 Å². The van der Waals surface area contributed by atoms with E-state index in [2.05, 4.69) is 276 Å². The SMILES string of the molecule is CCCCCCCCc1ccc(-c2ccc(CCC)cn2)cc1.CCCCCCCc1ccc(-c2ccc(CCC)cn2)cc1.CCCCc1ccc(-c2ccc(CC)cc2)nc1.CCCCc1ccc(-c2ccc(CCC)cc2)nc1.CCCCc1ccc(-c2ccc(CCCC)cn2)cc1. The van der Waals surface area contributed by atoms with Gasteiger partial charge in [0.05, 0.1) is 28.5 Å². The molecule has 10 aromatic rings. The first-order valence-corrected chi connectivity index (χ1v) is 40.4. The van der Waals surface area contributed by atoms with E-state index in [0.29, 0.717) is 0 Å².